The van der Waals surface area contributed by atoms with Crippen molar-refractivity contribution >= 4 is 17.3 Å². The van der Waals surface area contributed by atoms with E-state index < -0.39 is 5.91 Å². The molecule has 1 saturated heterocycles. The number of anilines is 2. The molecule has 0 bridgehead atoms. The summed E-state index contributed by atoms with van der Waals surface area (Å²) in [5, 5.41) is 3.46. The summed E-state index contributed by atoms with van der Waals surface area (Å²) in [6.45, 7) is 7.53. The lowest BCUT2D eigenvalue weighted by Gasteiger charge is -2.29. The first-order chi connectivity index (χ1) is 14.2. The average molecular weight is 400 g/mol. The summed E-state index contributed by atoms with van der Waals surface area (Å²) in [5.74, 6) is -0.444. The van der Waals surface area contributed by atoms with E-state index in [4.69, 9.17) is 10.5 Å². The van der Waals surface area contributed by atoms with Gasteiger partial charge in [-0.15, -0.1) is 0 Å². The van der Waals surface area contributed by atoms with Gasteiger partial charge in [0.2, 0.25) is 5.91 Å². The van der Waals surface area contributed by atoms with E-state index in [1.165, 1.54) is 24.9 Å². The van der Waals surface area contributed by atoms with Crippen LogP contribution in [-0.2, 0) is 9.53 Å². The fourth-order valence-electron chi connectivity index (χ4n) is 3.86. The lowest BCUT2D eigenvalue weighted by Crippen LogP contribution is -2.36. The maximum absolute atomic E-state index is 12.0. The molecule has 5 N–H and O–H groups in total. The molecule has 2 aliphatic rings. The zero-order valence-corrected chi connectivity index (χ0v) is 17.1. The van der Waals surface area contributed by atoms with Crippen LogP contribution < -0.4 is 26.8 Å². The molecule has 0 radical (unpaired) electrons. The molecule has 1 aromatic carbocycles. The number of rotatable bonds is 9. The number of hydrogen-bond acceptors (Lipinski definition) is 6. The third kappa shape index (κ3) is 6.24. The van der Waals surface area contributed by atoms with E-state index in [0.717, 1.165) is 50.5 Å². The van der Waals surface area contributed by atoms with Crippen LogP contribution in [0.2, 0.25) is 0 Å². The van der Waals surface area contributed by atoms with E-state index in [2.05, 4.69) is 39.8 Å². The van der Waals surface area contributed by atoms with Crippen molar-refractivity contribution in [2.75, 3.05) is 43.2 Å². The molecule has 1 heterocycles. The minimum absolute atomic E-state index is 0.307. The first-order valence-corrected chi connectivity index (χ1v) is 10.5. The largest absolute Gasteiger partial charge is 0.382 e. The Kier molecular flexibility index (Phi) is 7.95. The Bertz CT molecular complexity index is 704. The molecule has 0 aromatic heterocycles. The summed E-state index contributed by atoms with van der Waals surface area (Å²) < 4.78 is 5.40. The van der Waals surface area contributed by atoms with E-state index in [0.29, 0.717) is 18.2 Å². The molecule has 1 amide bonds. The number of primary amides is 1. The number of allylic oxidation sites excluding steroid dienone is 1. The van der Waals surface area contributed by atoms with Crippen molar-refractivity contribution in [2.24, 2.45) is 5.73 Å². The second kappa shape index (κ2) is 10.9. The highest BCUT2D eigenvalue weighted by molar-refractivity contribution is 5.93. The third-order valence-electron chi connectivity index (χ3n) is 5.53. The predicted octanol–water partition coefficient (Wildman–Crippen LogP) is 2.29. The third-order valence-corrected chi connectivity index (χ3v) is 5.53. The van der Waals surface area contributed by atoms with Crippen LogP contribution in [0, 0.1) is 0 Å². The fraction of sp³-hybridized carbons (Fsp3) is 0.500. The fourth-order valence-corrected chi connectivity index (χ4v) is 3.86. The Hall–Kier alpha value is -2.51. The molecular formula is C22H33N5O2. The second-order valence-corrected chi connectivity index (χ2v) is 7.56. The molecule has 1 saturated carbocycles. The SMILES string of the molecule is C=C/C(NC1CCCCC1)=C(\CNNc1ccc(N2CCOCC2)cc1)C(N)=O. The van der Waals surface area contributed by atoms with Gasteiger partial charge in [0.25, 0.3) is 0 Å². The standard InChI is InChI=1S/C22H33N5O2/c1-2-21(25-17-6-4-3-5-7-17)20(22(23)28)16-24-26-18-8-10-19(11-9-18)27-12-14-29-15-13-27/h2,8-11,17,24-26H,1,3-7,12-16H2,(H2,23,28)/b21-20-. The van der Waals surface area contributed by atoms with Crippen LogP contribution >= 0.6 is 0 Å². The zero-order chi connectivity index (χ0) is 20.5. The lowest BCUT2D eigenvalue weighted by atomic mass is 9.95. The first-order valence-electron chi connectivity index (χ1n) is 10.5. The molecule has 1 aliphatic heterocycles. The molecule has 1 aliphatic carbocycles. The van der Waals surface area contributed by atoms with Crippen LogP contribution in [0.4, 0.5) is 11.4 Å². The smallest absolute Gasteiger partial charge is 0.248 e. The molecule has 0 atom stereocenters. The summed E-state index contributed by atoms with van der Waals surface area (Å²) in [6, 6.07) is 8.58. The predicted molar refractivity (Wildman–Crippen MR) is 118 cm³/mol. The van der Waals surface area contributed by atoms with Gasteiger partial charge in [0.1, 0.15) is 0 Å². The maximum atomic E-state index is 12.0. The normalized spacial score (nSPS) is 18.7. The number of nitrogens with two attached hydrogens (primary N) is 1. The van der Waals surface area contributed by atoms with Gasteiger partial charge in [-0.05, 0) is 43.2 Å². The van der Waals surface area contributed by atoms with Crippen molar-refractivity contribution in [1.82, 2.24) is 10.7 Å². The van der Waals surface area contributed by atoms with Crippen molar-refractivity contribution in [3.05, 3.63) is 48.2 Å². The Morgan fingerprint density at radius 3 is 2.48 bits per heavy atom. The number of nitrogens with one attached hydrogen (secondary N) is 3. The summed E-state index contributed by atoms with van der Waals surface area (Å²) in [7, 11) is 0. The Labute approximate surface area is 173 Å². The second-order valence-electron chi connectivity index (χ2n) is 7.56. The highest BCUT2D eigenvalue weighted by Crippen LogP contribution is 2.20. The van der Waals surface area contributed by atoms with Crippen LogP contribution in [-0.4, -0.2) is 44.8 Å². The number of carbonyl (C=O) groups excluding carboxylic acids is 1. The van der Waals surface area contributed by atoms with Gasteiger partial charge in [0.05, 0.1) is 18.8 Å². The number of benzene rings is 1. The Morgan fingerprint density at radius 2 is 1.86 bits per heavy atom. The van der Waals surface area contributed by atoms with E-state index in [-0.39, 0.29) is 0 Å². The first kappa shape index (κ1) is 21.2. The van der Waals surface area contributed by atoms with Crippen molar-refractivity contribution in [3.8, 4) is 0 Å². The number of amides is 1. The van der Waals surface area contributed by atoms with Crippen molar-refractivity contribution in [2.45, 2.75) is 38.1 Å². The minimum Gasteiger partial charge on any atom is -0.382 e. The van der Waals surface area contributed by atoms with E-state index >= 15 is 0 Å². The lowest BCUT2D eigenvalue weighted by molar-refractivity contribution is -0.114. The van der Waals surface area contributed by atoms with Gasteiger partial charge in [-0.3, -0.25) is 4.79 Å². The van der Waals surface area contributed by atoms with Gasteiger partial charge in [-0.2, -0.15) is 0 Å². The summed E-state index contributed by atoms with van der Waals surface area (Å²) in [5.41, 5.74) is 15.2. The number of hydrazine groups is 1. The van der Waals surface area contributed by atoms with Gasteiger partial charge in [-0.25, -0.2) is 5.43 Å². The number of hydrogen-bond donors (Lipinski definition) is 4. The van der Waals surface area contributed by atoms with Crippen molar-refractivity contribution < 1.29 is 9.53 Å². The Balaban J connectivity index is 1.55. The number of morpholine rings is 1. The van der Waals surface area contributed by atoms with Gasteiger partial charge in [0.15, 0.2) is 0 Å². The molecule has 3 rings (SSSR count). The van der Waals surface area contributed by atoms with Crippen LogP contribution in [0.15, 0.2) is 48.2 Å². The molecule has 158 valence electrons. The van der Waals surface area contributed by atoms with Crippen LogP contribution in [0.3, 0.4) is 0 Å². The van der Waals surface area contributed by atoms with Crippen LogP contribution in [0.25, 0.3) is 0 Å². The van der Waals surface area contributed by atoms with Gasteiger partial charge in [0, 0.05) is 42.7 Å². The van der Waals surface area contributed by atoms with Gasteiger partial charge < -0.3 is 26.1 Å². The van der Waals surface area contributed by atoms with E-state index in [1.807, 2.05) is 12.1 Å². The summed E-state index contributed by atoms with van der Waals surface area (Å²) in [4.78, 5) is 14.3. The number of carbonyl (C=O) groups is 1. The zero-order valence-electron chi connectivity index (χ0n) is 17.1. The topological polar surface area (TPSA) is 91.7 Å². The van der Waals surface area contributed by atoms with Gasteiger partial charge in [-0.1, -0.05) is 25.8 Å². The molecular weight excluding hydrogens is 366 g/mol. The highest BCUT2D eigenvalue weighted by Gasteiger charge is 2.17. The number of ether oxygens (including phenoxy) is 1. The molecule has 2 fully saturated rings. The quantitative estimate of drug-likeness (QED) is 0.289. The van der Waals surface area contributed by atoms with Crippen molar-refractivity contribution in [3.63, 3.8) is 0 Å². The summed E-state index contributed by atoms with van der Waals surface area (Å²) >= 11 is 0. The number of nitrogens with zero attached hydrogens (tertiary/aromatic N) is 1. The Morgan fingerprint density at radius 1 is 1.17 bits per heavy atom. The monoisotopic (exact) mass is 399 g/mol. The molecule has 7 heteroatoms. The molecule has 0 unspecified atom stereocenters. The molecule has 0 spiro atoms. The summed E-state index contributed by atoms with van der Waals surface area (Å²) in [6.07, 6.45) is 7.63. The van der Waals surface area contributed by atoms with E-state index in [1.54, 1.807) is 6.08 Å². The average Bonchev–Trinajstić information content (AvgIpc) is 2.77. The van der Waals surface area contributed by atoms with Crippen LogP contribution in [0.1, 0.15) is 32.1 Å². The van der Waals surface area contributed by atoms with Crippen LogP contribution in [0.5, 0.6) is 0 Å². The van der Waals surface area contributed by atoms with E-state index in [9.17, 15) is 4.79 Å². The molecule has 1 aromatic rings. The minimum atomic E-state index is -0.444. The molecule has 29 heavy (non-hydrogen) atoms. The highest BCUT2D eigenvalue weighted by atomic mass is 16.5. The molecule has 7 nitrogen and oxygen atoms in total. The van der Waals surface area contributed by atoms with Gasteiger partial charge >= 0.3 is 0 Å². The van der Waals surface area contributed by atoms with Crippen molar-refractivity contribution in [1.29, 1.82) is 0 Å². The maximum Gasteiger partial charge on any atom is 0.248 e.